The first-order valence-corrected chi connectivity index (χ1v) is 13.0. The second kappa shape index (κ2) is 12.2. The molecule has 3 rings (SSSR count). The Morgan fingerprint density at radius 2 is 1.71 bits per heavy atom. The lowest BCUT2D eigenvalue weighted by atomic mass is 10.0. The maximum Gasteiger partial charge on any atom is 0.113 e. The van der Waals surface area contributed by atoms with E-state index in [-0.39, 0.29) is 0 Å². The average molecular weight is 482 g/mol. The van der Waals surface area contributed by atoms with Gasteiger partial charge in [0.15, 0.2) is 0 Å². The minimum atomic E-state index is 0.332. The van der Waals surface area contributed by atoms with Crippen LogP contribution in [0.15, 0.2) is 40.0 Å². The van der Waals surface area contributed by atoms with Crippen molar-refractivity contribution in [2.75, 3.05) is 6.61 Å². The zero-order valence-corrected chi connectivity index (χ0v) is 21.3. The van der Waals surface area contributed by atoms with Gasteiger partial charge in [-0.2, -0.15) is 0 Å². The number of rotatable bonds is 7. The van der Waals surface area contributed by atoms with Crippen LogP contribution in [-0.2, 0) is 18.2 Å². The largest absolute Gasteiger partial charge is 0.498 e. The maximum atomic E-state index is 6.21. The van der Waals surface area contributed by atoms with Crippen LogP contribution in [0.4, 0.5) is 0 Å². The van der Waals surface area contributed by atoms with E-state index in [9.17, 15) is 0 Å². The molecule has 31 heavy (non-hydrogen) atoms. The monoisotopic (exact) mass is 480 g/mol. The lowest BCUT2D eigenvalue weighted by Crippen LogP contribution is -2.05. The highest BCUT2D eigenvalue weighted by atomic mass is 35.5. The standard InChI is InChI=1S/C25H34Cl2N2OS/c1-18(2)24-25(31-22-16-19(26)15-20(27)17-22)29(3)23(28-24)13-14-30-21-11-9-7-5-4-6-8-10-12-21/h11,15-18H,4-10,12-14H2,1-3H3/b21-11+. The molecule has 0 saturated carbocycles. The van der Waals surface area contributed by atoms with Gasteiger partial charge in [-0.1, -0.05) is 74.5 Å². The molecule has 2 aromatic rings. The molecule has 1 heterocycles. The number of ether oxygens (including phenoxy) is 1. The summed E-state index contributed by atoms with van der Waals surface area (Å²) >= 11 is 14.1. The average Bonchev–Trinajstić information content (AvgIpc) is 3.02. The number of nitrogens with zero attached hydrogens (tertiary/aromatic N) is 2. The minimum absolute atomic E-state index is 0.332. The Hall–Kier alpha value is -1.10. The zero-order valence-electron chi connectivity index (χ0n) is 18.9. The Labute approximate surface area is 201 Å². The summed E-state index contributed by atoms with van der Waals surface area (Å²) in [4.78, 5) is 6.00. The van der Waals surface area contributed by atoms with Crippen LogP contribution < -0.4 is 0 Å². The molecule has 1 aromatic carbocycles. The van der Waals surface area contributed by atoms with Crippen LogP contribution >= 0.6 is 35.0 Å². The van der Waals surface area contributed by atoms with Gasteiger partial charge in [0.1, 0.15) is 10.9 Å². The number of imidazole rings is 1. The van der Waals surface area contributed by atoms with Crippen LogP contribution in [0.25, 0.3) is 0 Å². The number of hydrogen-bond donors (Lipinski definition) is 0. The van der Waals surface area contributed by atoms with Crippen molar-refractivity contribution in [3.05, 3.63) is 51.6 Å². The summed E-state index contributed by atoms with van der Waals surface area (Å²) in [7, 11) is 2.09. The molecule has 0 radical (unpaired) electrons. The van der Waals surface area contributed by atoms with Crippen molar-refractivity contribution in [1.82, 2.24) is 9.55 Å². The number of benzene rings is 1. The fourth-order valence-electron chi connectivity index (χ4n) is 3.89. The van der Waals surface area contributed by atoms with Gasteiger partial charge in [-0.15, -0.1) is 0 Å². The molecule has 1 aromatic heterocycles. The van der Waals surface area contributed by atoms with Crippen LogP contribution in [-0.4, -0.2) is 16.2 Å². The van der Waals surface area contributed by atoms with Crippen LogP contribution in [0.2, 0.25) is 10.0 Å². The van der Waals surface area contributed by atoms with E-state index >= 15 is 0 Å². The maximum absolute atomic E-state index is 6.21. The van der Waals surface area contributed by atoms with Crippen molar-refractivity contribution in [1.29, 1.82) is 0 Å². The highest BCUT2D eigenvalue weighted by Crippen LogP contribution is 2.36. The van der Waals surface area contributed by atoms with Gasteiger partial charge in [0.2, 0.25) is 0 Å². The van der Waals surface area contributed by atoms with Crippen LogP contribution in [0.1, 0.15) is 82.7 Å². The molecule has 0 aliphatic heterocycles. The van der Waals surface area contributed by atoms with E-state index in [0.717, 1.165) is 40.7 Å². The first-order valence-electron chi connectivity index (χ1n) is 11.5. The fourth-order valence-corrected chi connectivity index (χ4v) is 5.77. The predicted octanol–water partition coefficient (Wildman–Crippen LogP) is 8.58. The predicted molar refractivity (Wildman–Crippen MR) is 133 cm³/mol. The highest BCUT2D eigenvalue weighted by molar-refractivity contribution is 7.99. The van der Waals surface area contributed by atoms with Gasteiger partial charge in [0, 0.05) is 34.8 Å². The SMILES string of the molecule is CC(C)c1nc(CCO/C2=C/CCCCCCCC2)n(C)c1Sc1cc(Cl)cc(Cl)c1. The van der Waals surface area contributed by atoms with Crippen LogP contribution in [0.5, 0.6) is 0 Å². The van der Waals surface area contributed by atoms with Gasteiger partial charge in [-0.25, -0.2) is 4.98 Å². The molecule has 1 aliphatic carbocycles. The van der Waals surface area contributed by atoms with Crippen molar-refractivity contribution in [3.63, 3.8) is 0 Å². The van der Waals surface area contributed by atoms with Crippen molar-refractivity contribution in [3.8, 4) is 0 Å². The third-order valence-corrected chi connectivity index (χ3v) is 7.20. The van der Waals surface area contributed by atoms with E-state index in [4.69, 9.17) is 32.9 Å². The third kappa shape index (κ3) is 7.47. The van der Waals surface area contributed by atoms with Gasteiger partial charge >= 0.3 is 0 Å². The summed E-state index contributed by atoms with van der Waals surface area (Å²) in [6, 6.07) is 5.66. The Morgan fingerprint density at radius 3 is 2.42 bits per heavy atom. The molecule has 0 N–H and O–H groups in total. The van der Waals surface area contributed by atoms with Gasteiger partial charge in [0.05, 0.1) is 18.1 Å². The van der Waals surface area contributed by atoms with Gasteiger partial charge < -0.3 is 9.30 Å². The van der Waals surface area contributed by atoms with Gasteiger partial charge in [-0.05, 0) is 49.5 Å². The molecule has 6 heteroatoms. The van der Waals surface area contributed by atoms with E-state index in [0.29, 0.717) is 22.6 Å². The normalized spacial score (nSPS) is 17.4. The molecule has 3 nitrogen and oxygen atoms in total. The smallest absolute Gasteiger partial charge is 0.113 e. The second-order valence-corrected chi connectivity index (χ2v) is 10.5. The Kier molecular flexibility index (Phi) is 9.68. The quantitative estimate of drug-likeness (QED) is 0.396. The summed E-state index contributed by atoms with van der Waals surface area (Å²) < 4.78 is 8.39. The molecule has 0 amide bonds. The molecule has 1 aliphatic rings. The van der Waals surface area contributed by atoms with Crippen LogP contribution in [0.3, 0.4) is 0 Å². The Bertz CT molecular complexity index is 872. The van der Waals surface area contributed by atoms with E-state index in [1.165, 1.54) is 44.3 Å². The molecule has 0 spiro atoms. The zero-order chi connectivity index (χ0) is 22.2. The summed E-state index contributed by atoms with van der Waals surface area (Å²) in [5.41, 5.74) is 1.11. The molecular weight excluding hydrogens is 447 g/mol. The number of aromatic nitrogens is 2. The lowest BCUT2D eigenvalue weighted by molar-refractivity contribution is 0.199. The number of halogens is 2. The first kappa shape index (κ1) is 24.5. The molecule has 170 valence electrons. The summed E-state index contributed by atoms with van der Waals surface area (Å²) in [5, 5.41) is 2.44. The van der Waals surface area contributed by atoms with E-state index in [1.807, 2.05) is 12.1 Å². The molecule has 0 bridgehead atoms. The second-order valence-electron chi connectivity index (χ2n) is 8.57. The fraction of sp³-hybridized carbons (Fsp3) is 0.560. The molecule has 0 saturated heterocycles. The van der Waals surface area contributed by atoms with E-state index in [1.54, 1.807) is 17.8 Å². The topological polar surface area (TPSA) is 27.1 Å². The Morgan fingerprint density at radius 1 is 1.03 bits per heavy atom. The van der Waals surface area contributed by atoms with E-state index in [2.05, 4.69) is 31.5 Å². The number of hydrogen-bond acceptors (Lipinski definition) is 3. The minimum Gasteiger partial charge on any atom is -0.498 e. The van der Waals surface area contributed by atoms with Gasteiger partial charge in [0.25, 0.3) is 0 Å². The summed E-state index contributed by atoms with van der Waals surface area (Å²) in [5.74, 6) is 2.56. The molecule has 0 fully saturated rings. The Balaban J connectivity index is 1.68. The van der Waals surface area contributed by atoms with Gasteiger partial charge in [-0.3, -0.25) is 0 Å². The third-order valence-electron chi connectivity index (χ3n) is 5.62. The van der Waals surface area contributed by atoms with Crippen molar-refractivity contribution >= 4 is 35.0 Å². The molecular formula is C25H34Cl2N2OS. The van der Waals surface area contributed by atoms with Crippen molar-refractivity contribution in [2.24, 2.45) is 7.05 Å². The van der Waals surface area contributed by atoms with Crippen molar-refractivity contribution < 1.29 is 4.74 Å². The molecule has 0 atom stereocenters. The summed E-state index contributed by atoms with van der Waals surface area (Å²) in [6.07, 6.45) is 13.2. The molecule has 0 unspecified atom stereocenters. The lowest BCUT2D eigenvalue weighted by Gasteiger charge is -2.13. The van der Waals surface area contributed by atoms with Crippen molar-refractivity contribution in [2.45, 2.75) is 87.5 Å². The first-order chi connectivity index (χ1) is 14.9. The van der Waals surface area contributed by atoms with Crippen LogP contribution in [0, 0.1) is 0 Å². The van der Waals surface area contributed by atoms with E-state index < -0.39 is 0 Å². The summed E-state index contributed by atoms with van der Waals surface area (Å²) in [6.45, 7) is 5.03. The number of allylic oxidation sites excluding steroid dienone is 2. The highest BCUT2D eigenvalue weighted by Gasteiger charge is 2.19.